The number of rotatable bonds is 3. The van der Waals surface area contributed by atoms with Gasteiger partial charge >= 0.3 is 5.97 Å². The van der Waals surface area contributed by atoms with E-state index >= 15 is 0 Å². The quantitative estimate of drug-likeness (QED) is 0.662. The van der Waals surface area contributed by atoms with Crippen LogP contribution in [0.3, 0.4) is 0 Å². The molecule has 2 rings (SSSR count). The molecule has 0 aliphatic rings. The van der Waals surface area contributed by atoms with Gasteiger partial charge in [0, 0.05) is 0 Å². The number of nitrogen functional groups attached to an aromatic ring is 1. The zero-order valence-corrected chi connectivity index (χ0v) is 10.4. The van der Waals surface area contributed by atoms with E-state index in [-0.39, 0.29) is 5.69 Å². The largest absolute Gasteiger partial charge is 0.465 e. The number of anilines is 3. The average Bonchev–Trinajstić information content (AvgIpc) is 2.80. The SMILES string of the molecule is COC(=O)c1sccc1Nc1ccc(F)cc1N. The third-order valence-electron chi connectivity index (χ3n) is 2.32. The summed E-state index contributed by atoms with van der Waals surface area (Å²) in [6.45, 7) is 0. The molecule has 0 aliphatic carbocycles. The first kappa shape index (κ1) is 12.4. The summed E-state index contributed by atoms with van der Waals surface area (Å²) in [6.07, 6.45) is 0. The summed E-state index contributed by atoms with van der Waals surface area (Å²) in [5.74, 6) is -0.829. The molecule has 1 aromatic heterocycles. The van der Waals surface area contributed by atoms with Gasteiger partial charge in [-0.25, -0.2) is 9.18 Å². The van der Waals surface area contributed by atoms with Gasteiger partial charge in [0.05, 0.1) is 24.2 Å². The van der Waals surface area contributed by atoms with E-state index in [2.05, 4.69) is 10.1 Å². The molecule has 0 aliphatic heterocycles. The molecule has 0 radical (unpaired) electrons. The smallest absolute Gasteiger partial charge is 0.350 e. The normalized spacial score (nSPS) is 10.1. The van der Waals surface area contributed by atoms with E-state index in [0.29, 0.717) is 16.3 Å². The molecule has 0 fully saturated rings. The summed E-state index contributed by atoms with van der Waals surface area (Å²) >= 11 is 1.26. The maximum atomic E-state index is 12.9. The van der Waals surface area contributed by atoms with Crippen molar-refractivity contribution in [2.75, 3.05) is 18.2 Å². The van der Waals surface area contributed by atoms with Crippen LogP contribution < -0.4 is 11.1 Å². The molecule has 0 amide bonds. The van der Waals surface area contributed by atoms with Gasteiger partial charge in [-0.3, -0.25) is 0 Å². The summed E-state index contributed by atoms with van der Waals surface area (Å²) in [6, 6.07) is 5.76. The highest BCUT2D eigenvalue weighted by Gasteiger charge is 2.14. The molecule has 0 saturated heterocycles. The van der Waals surface area contributed by atoms with Crippen molar-refractivity contribution in [3.05, 3.63) is 40.3 Å². The number of hydrogen-bond acceptors (Lipinski definition) is 5. The van der Waals surface area contributed by atoms with Crippen molar-refractivity contribution in [2.45, 2.75) is 0 Å². The predicted octanol–water partition coefficient (Wildman–Crippen LogP) is 3.00. The number of carbonyl (C=O) groups is 1. The van der Waals surface area contributed by atoms with Crippen LogP contribution in [-0.4, -0.2) is 13.1 Å². The molecular formula is C12H11FN2O2S. The highest BCUT2D eigenvalue weighted by molar-refractivity contribution is 7.12. The van der Waals surface area contributed by atoms with E-state index in [9.17, 15) is 9.18 Å². The van der Waals surface area contributed by atoms with Gasteiger partial charge in [0.25, 0.3) is 0 Å². The van der Waals surface area contributed by atoms with Gasteiger partial charge in [-0.2, -0.15) is 0 Å². The number of esters is 1. The molecule has 3 N–H and O–H groups in total. The van der Waals surface area contributed by atoms with Gasteiger partial charge < -0.3 is 15.8 Å². The van der Waals surface area contributed by atoms with Crippen molar-refractivity contribution in [2.24, 2.45) is 0 Å². The Hall–Kier alpha value is -2.08. The molecule has 0 unspecified atom stereocenters. The Kier molecular flexibility index (Phi) is 3.47. The molecule has 2 aromatic rings. The summed E-state index contributed by atoms with van der Waals surface area (Å²) in [5, 5.41) is 4.74. The van der Waals surface area contributed by atoms with Crippen LogP contribution in [0.4, 0.5) is 21.5 Å². The predicted molar refractivity (Wildman–Crippen MR) is 69.8 cm³/mol. The first-order chi connectivity index (χ1) is 8.61. The van der Waals surface area contributed by atoms with E-state index in [4.69, 9.17) is 5.73 Å². The van der Waals surface area contributed by atoms with Crippen molar-refractivity contribution in [1.82, 2.24) is 0 Å². The first-order valence-corrected chi connectivity index (χ1v) is 5.97. The Balaban J connectivity index is 2.29. The fourth-order valence-electron chi connectivity index (χ4n) is 1.45. The summed E-state index contributed by atoms with van der Waals surface area (Å²) in [4.78, 5) is 11.9. The number of halogens is 1. The van der Waals surface area contributed by atoms with Gasteiger partial charge in [-0.05, 0) is 29.6 Å². The lowest BCUT2D eigenvalue weighted by molar-refractivity contribution is 0.0607. The number of ether oxygens (including phenoxy) is 1. The minimum Gasteiger partial charge on any atom is -0.465 e. The lowest BCUT2D eigenvalue weighted by Crippen LogP contribution is -2.03. The molecule has 4 nitrogen and oxygen atoms in total. The van der Waals surface area contributed by atoms with Crippen LogP contribution in [0.25, 0.3) is 0 Å². The Labute approximate surface area is 107 Å². The van der Waals surface area contributed by atoms with Gasteiger partial charge in [0.2, 0.25) is 0 Å². The van der Waals surface area contributed by atoms with Gasteiger partial charge in [-0.1, -0.05) is 0 Å². The molecule has 0 saturated carbocycles. The van der Waals surface area contributed by atoms with Gasteiger partial charge in [0.15, 0.2) is 0 Å². The maximum Gasteiger partial charge on any atom is 0.350 e. The second-order valence-electron chi connectivity index (χ2n) is 3.51. The molecule has 0 atom stereocenters. The van der Waals surface area contributed by atoms with Crippen LogP contribution in [0.1, 0.15) is 9.67 Å². The molecule has 1 aromatic carbocycles. The first-order valence-electron chi connectivity index (χ1n) is 5.09. The molecule has 18 heavy (non-hydrogen) atoms. The second-order valence-corrected chi connectivity index (χ2v) is 4.43. The zero-order chi connectivity index (χ0) is 13.1. The van der Waals surface area contributed by atoms with Crippen LogP contribution in [0, 0.1) is 5.82 Å². The monoisotopic (exact) mass is 266 g/mol. The Morgan fingerprint density at radius 3 is 2.83 bits per heavy atom. The summed E-state index contributed by atoms with van der Waals surface area (Å²) < 4.78 is 17.6. The molecule has 94 valence electrons. The number of carbonyl (C=O) groups excluding carboxylic acids is 1. The third kappa shape index (κ3) is 2.43. The molecule has 6 heteroatoms. The van der Waals surface area contributed by atoms with Crippen LogP contribution in [0.2, 0.25) is 0 Å². The molecule has 0 bridgehead atoms. The van der Waals surface area contributed by atoms with Crippen molar-refractivity contribution >= 4 is 34.4 Å². The highest BCUT2D eigenvalue weighted by atomic mass is 32.1. The highest BCUT2D eigenvalue weighted by Crippen LogP contribution is 2.29. The fourth-order valence-corrected chi connectivity index (χ4v) is 2.22. The number of nitrogens with one attached hydrogen (secondary N) is 1. The van der Waals surface area contributed by atoms with Crippen molar-refractivity contribution in [3.63, 3.8) is 0 Å². The van der Waals surface area contributed by atoms with Crippen LogP contribution in [0.5, 0.6) is 0 Å². The van der Waals surface area contributed by atoms with Crippen LogP contribution >= 0.6 is 11.3 Å². The van der Waals surface area contributed by atoms with Crippen LogP contribution in [0.15, 0.2) is 29.6 Å². The average molecular weight is 266 g/mol. The minimum absolute atomic E-state index is 0.275. The number of hydrogen-bond donors (Lipinski definition) is 2. The van der Waals surface area contributed by atoms with Gasteiger partial charge in [0.1, 0.15) is 10.7 Å². The standard InChI is InChI=1S/C12H11FN2O2S/c1-17-12(16)11-10(4-5-18-11)15-9-3-2-7(13)6-8(9)14/h2-6,15H,14H2,1H3. The number of methoxy groups -OCH3 is 1. The van der Waals surface area contributed by atoms with E-state index in [0.717, 1.165) is 0 Å². The zero-order valence-electron chi connectivity index (χ0n) is 9.57. The third-order valence-corrected chi connectivity index (χ3v) is 3.21. The number of thiophene rings is 1. The number of benzene rings is 1. The van der Waals surface area contributed by atoms with Crippen molar-refractivity contribution in [1.29, 1.82) is 0 Å². The van der Waals surface area contributed by atoms with Crippen molar-refractivity contribution < 1.29 is 13.9 Å². The van der Waals surface area contributed by atoms with Crippen molar-refractivity contribution in [3.8, 4) is 0 Å². The maximum absolute atomic E-state index is 12.9. The van der Waals surface area contributed by atoms with E-state index in [1.54, 1.807) is 11.4 Å². The topological polar surface area (TPSA) is 64.3 Å². The summed E-state index contributed by atoms with van der Waals surface area (Å²) in [5.41, 5.74) is 7.09. The fraction of sp³-hybridized carbons (Fsp3) is 0.0833. The second kappa shape index (κ2) is 5.05. The Morgan fingerprint density at radius 2 is 2.17 bits per heavy atom. The molecular weight excluding hydrogens is 255 g/mol. The summed E-state index contributed by atoms with van der Waals surface area (Å²) in [7, 11) is 1.32. The lowest BCUT2D eigenvalue weighted by atomic mass is 10.2. The van der Waals surface area contributed by atoms with Gasteiger partial charge in [-0.15, -0.1) is 11.3 Å². The van der Waals surface area contributed by atoms with Crippen LogP contribution in [-0.2, 0) is 4.74 Å². The van der Waals surface area contributed by atoms with E-state index in [1.807, 2.05) is 0 Å². The van der Waals surface area contributed by atoms with E-state index in [1.165, 1.54) is 36.6 Å². The molecule has 0 spiro atoms. The minimum atomic E-state index is -0.423. The Bertz CT molecular complexity index is 583. The number of nitrogens with two attached hydrogens (primary N) is 1. The lowest BCUT2D eigenvalue weighted by Gasteiger charge is -2.09. The Morgan fingerprint density at radius 1 is 1.39 bits per heavy atom. The molecule has 1 heterocycles. The van der Waals surface area contributed by atoms with E-state index < -0.39 is 11.8 Å².